The summed E-state index contributed by atoms with van der Waals surface area (Å²) in [5.41, 5.74) is 7.56. The molecule has 5 N–H and O–H groups in total. The third kappa shape index (κ3) is 5.46. The van der Waals surface area contributed by atoms with Gasteiger partial charge in [0.15, 0.2) is 0 Å². The molecule has 4 atom stereocenters. The van der Waals surface area contributed by atoms with Gasteiger partial charge in [-0.25, -0.2) is 0 Å². The SMILES string of the molecule is C[C@@]1(c2cccc(O)c2)C2=CC=C(C2)[C@]2(C)c3cccc(c3)OS(=O)(=O)Oc3cccc(c3)[C@@](C)(c3ccc2[nH]3)c2ccc([nH]2)[C@](C)(c2cccc(O)c2)c2ccc1[nH]2. The minimum atomic E-state index is -4.55. The molecule has 5 heterocycles. The molecule has 10 heteroatoms. The Morgan fingerprint density at radius 1 is 0.458 bits per heavy atom. The van der Waals surface area contributed by atoms with E-state index < -0.39 is 32.1 Å². The fraction of sp³-hybridized carbons (Fsp3) is 0.184. The van der Waals surface area contributed by atoms with Gasteiger partial charge in [0.25, 0.3) is 0 Å². The topological polar surface area (TPSA) is 140 Å². The summed E-state index contributed by atoms with van der Waals surface area (Å²) in [6, 6.07) is 41.7. The summed E-state index contributed by atoms with van der Waals surface area (Å²) >= 11 is 0. The lowest BCUT2D eigenvalue weighted by Gasteiger charge is -2.37. The Hall–Kier alpha value is -6.65. The molecule has 0 unspecified atom stereocenters. The molecule has 2 aliphatic heterocycles. The maximum absolute atomic E-state index is 13.6. The number of fused-ring (bicyclic) bond motifs is 14. The summed E-state index contributed by atoms with van der Waals surface area (Å²) in [6.45, 7) is 8.60. The van der Waals surface area contributed by atoms with E-state index in [1.165, 1.54) is 0 Å². The number of nitrogens with one attached hydrogen (secondary N) is 3. The molecule has 4 aromatic carbocycles. The normalized spacial score (nSPS) is 25.4. The van der Waals surface area contributed by atoms with E-state index in [1.807, 2.05) is 42.5 Å². The highest BCUT2D eigenvalue weighted by Crippen LogP contribution is 2.52. The summed E-state index contributed by atoms with van der Waals surface area (Å²) in [7, 11) is -4.55. The molecule has 7 aromatic rings. The first kappa shape index (κ1) is 36.7. The molecule has 0 amide bonds. The van der Waals surface area contributed by atoms with Gasteiger partial charge >= 0.3 is 10.4 Å². The third-order valence-corrected chi connectivity index (χ3v) is 14.3. The third-order valence-electron chi connectivity index (χ3n) is 13.5. The number of aromatic hydroxyl groups is 2. The highest BCUT2D eigenvalue weighted by molar-refractivity contribution is 7.82. The second kappa shape index (κ2) is 12.7. The largest absolute Gasteiger partial charge is 0.508 e. The quantitative estimate of drug-likeness (QED) is 0.118. The van der Waals surface area contributed by atoms with Crippen molar-refractivity contribution >= 4 is 10.4 Å². The van der Waals surface area contributed by atoms with E-state index in [1.54, 1.807) is 54.6 Å². The van der Waals surface area contributed by atoms with Crippen LogP contribution in [0.2, 0.25) is 0 Å². The molecule has 0 spiro atoms. The van der Waals surface area contributed by atoms with E-state index in [-0.39, 0.29) is 23.0 Å². The number of aromatic nitrogens is 3. The molecule has 9 nitrogen and oxygen atoms in total. The molecule has 296 valence electrons. The molecule has 3 aromatic heterocycles. The Kier molecular flexibility index (Phi) is 7.88. The van der Waals surface area contributed by atoms with E-state index in [9.17, 15) is 18.6 Å². The minimum absolute atomic E-state index is 0.112. The van der Waals surface area contributed by atoms with Crippen molar-refractivity contribution in [3.63, 3.8) is 0 Å². The predicted octanol–water partition coefficient (Wildman–Crippen LogP) is 9.69. The van der Waals surface area contributed by atoms with Crippen molar-refractivity contribution < 1.29 is 27.0 Å². The average Bonchev–Trinajstić information content (AvgIpc) is 4.07. The molecule has 1 aliphatic carbocycles. The summed E-state index contributed by atoms with van der Waals surface area (Å²) in [4.78, 5) is 11.7. The molecule has 0 saturated heterocycles. The Morgan fingerprint density at radius 3 is 1.17 bits per heavy atom. The number of benzene rings is 4. The number of aromatic amines is 3. The van der Waals surface area contributed by atoms with E-state index >= 15 is 0 Å². The molecule has 3 aliphatic rings. The van der Waals surface area contributed by atoms with Crippen molar-refractivity contribution in [2.45, 2.75) is 55.8 Å². The van der Waals surface area contributed by atoms with Crippen molar-refractivity contribution in [2.24, 2.45) is 0 Å². The second-order valence-corrected chi connectivity index (χ2v) is 17.8. The minimum Gasteiger partial charge on any atom is -0.508 e. The summed E-state index contributed by atoms with van der Waals surface area (Å²) < 4.78 is 38.4. The van der Waals surface area contributed by atoms with E-state index in [2.05, 4.69) is 91.2 Å². The molecule has 0 fully saturated rings. The molecule has 14 bridgehead atoms. The zero-order chi connectivity index (χ0) is 41.0. The van der Waals surface area contributed by atoms with Crippen molar-refractivity contribution in [1.29, 1.82) is 0 Å². The maximum atomic E-state index is 13.6. The van der Waals surface area contributed by atoms with Gasteiger partial charge in [-0.15, -0.1) is 8.42 Å². The molecule has 0 saturated carbocycles. The molecule has 59 heavy (non-hydrogen) atoms. The van der Waals surface area contributed by atoms with E-state index in [0.29, 0.717) is 6.42 Å². The summed E-state index contributed by atoms with van der Waals surface area (Å²) in [5, 5.41) is 21.8. The summed E-state index contributed by atoms with van der Waals surface area (Å²) in [5.74, 6) is 0.555. The van der Waals surface area contributed by atoms with Gasteiger partial charge in [-0.05, 0) is 152 Å². The Balaban J connectivity index is 1.31. The van der Waals surface area contributed by atoms with Gasteiger partial charge in [-0.1, -0.05) is 60.7 Å². The van der Waals surface area contributed by atoms with E-state index in [0.717, 1.165) is 67.6 Å². The van der Waals surface area contributed by atoms with Crippen molar-refractivity contribution in [2.75, 3.05) is 0 Å². The number of phenolic OH excluding ortho intramolecular Hbond substituents is 2. The first-order valence-corrected chi connectivity index (χ1v) is 21.0. The number of allylic oxidation sites excluding steroid dienone is 4. The number of hydrogen-bond acceptors (Lipinski definition) is 6. The van der Waals surface area contributed by atoms with Crippen LogP contribution in [0.1, 0.15) is 90.5 Å². The second-order valence-electron chi connectivity index (χ2n) is 16.6. The fourth-order valence-corrected chi connectivity index (χ4v) is 10.4. The summed E-state index contributed by atoms with van der Waals surface area (Å²) in [6.07, 6.45) is 4.91. The lowest BCUT2D eigenvalue weighted by Crippen LogP contribution is -2.32. The molecule has 10 rings (SSSR count). The first-order chi connectivity index (χ1) is 28.2. The monoisotopic (exact) mass is 801 g/mol. The van der Waals surface area contributed by atoms with Crippen LogP contribution in [-0.4, -0.2) is 33.6 Å². The smallest absolute Gasteiger partial charge is 0.500 e. The highest BCUT2D eigenvalue weighted by Gasteiger charge is 2.45. The number of phenols is 2. The van der Waals surface area contributed by atoms with Gasteiger partial charge in [0.2, 0.25) is 0 Å². The highest BCUT2D eigenvalue weighted by atomic mass is 32.3. The fourth-order valence-electron chi connectivity index (χ4n) is 9.69. The van der Waals surface area contributed by atoms with Crippen LogP contribution in [0.5, 0.6) is 23.0 Å². The molecule has 0 radical (unpaired) electrons. The first-order valence-electron chi connectivity index (χ1n) is 19.7. The Bertz CT molecular complexity index is 3010. The van der Waals surface area contributed by atoms with Crippen molar-refractivity contribution in [1.82, 2.24) is 15.0 Å². The molecular weight excluding hydrogens is 759 g/mol. The maximum Gasteiger partial charge on any atom is 0.500 e. The van der Waals surface area contributed by atoms with Crippen molar-refractivity contribution in [3.05, 3.63) is 213 Å². The van der Waals surface area contributed by atoms with Crippen LogP contribution >= 0.6 is 0 Å². The van der Waals surface area contributed by atoms with Gasteiger partial charge in [-0.2, -0.15) is 0 Å². The lowest BCUT2D eigenvalue weighted by atomic mass is 9.68. The molecular formula is C49H43N3O6S. The predicted molar refractivity (Wildman–Crippen MR) is 226 cm³/mol. The number of hydrogen-bond donors (Lipinski definition) is 5. The van der Waals surface area contributed by atoms with Gasteiger partial charge in [0.05, 0.1) is 21.7 Å². The number of H-pyrrole nitrogens is 3. The van der Waals surface area contributed by atoms with Crippen LogP contribution in [0.4, 0.5) is 0 Å². The zero-order valence-electron chi connectivity index (χ0n) is 33.0. The van der Waals surface area contributed by atoms with Gasteiger partial charge in [-0.3, -0.25) is 0 Å². The van der Waals surface area contributed by atoms with Crippen molar-refractivity contribution in [3.8, 4) is 23.0 Å². The van der Waals surface area contributed by atoms with Crippen LogP contribution < -0.4 is 8.37 Å². The lowest BCUT2D eigenvalue weighted by molar-refractivity contribution is 0.391. The standard InChI is InChI=1S/C49H43N3O6S/c1-46(30-9-5-13-36(53)26-30)34-17-18-35(25-34)47(2)32-11-7-15-38(28-32)57-59(55,56)58-39-16-8-12-33(29-39)49(4,44-22-20-41(47)51-44)45-24-23-43(52-45)48(3,42-21-19-40(46)50-42)31-10-6-14-37(54)27-31/h5-24,26-29,50-54H,25H2,1-4H3/t46-,47+,48-,49+/m1/s1. The van der Waals surface area contributed by atoms with Gasteiger partial charge in [0, 0.05) is 34.2 Å². The van der Waals surface area contributed by atoms with Crippen LogP contribution in [0.15, 0.2) is 157 Å². The van der Waals surface area contributed by atoms with Gasteiger partial charge in [0.1, 0.15) is 23.0 Å². The zero-order valence-corrected chi connectivity index (χ0v) is 33.8. The van der Waals surface area contributed by atoms with Crippen LogP contribution in [0.25, 0.3) is 0 Å². The van der Waals surface area contributed by atoms with Gasteiger partial charge < -0.3 is 33.5 Å². The Morgan fingerprint density at radius 2 is 0.780 bits per heavy atom. The van der Waals surface area contributed by atoms with Crippen LogP contribution in [0, 0.1) is 0 Å². The average molecular weight is 802 g/mol. The van der Waals surface area contributed by atoms with E-state index in [4.69, 9.17) is 8.37 Å². The van der Waals surface area contributed by atoms with Crippen LogP contribution in [0.3, 0.4) is 0 Å². The Labute approximate surface area is 343 Å². The number of rotatable bonds is 2. The van der Waals surface area contributed by atoms with Crippen LogP contribution in [-0.2, 0) is 32.1 Å².